The molecule has 0 amide bonds. The van der Waals surface area contributed by atoms with Gasteiger partial charge in [-0.05, 0) is 72.6 Å². The number of Topliss-reactive ketones (excluding diaryl/α,β-unsaturated/α-hetero) is 1. The monoisotopic (exact) mass is 432 g/mol. The summed E-state index contributed by atoms with van der Waals surface area (Å²) in [6.07, 6.45) is 13.2. The van der Waals surface area contributed by atoms with Gasteiger partial charge in [0.05, 0.1) is 6.10 Å². The van der Waals surface area contributed by atoms with Crippen molar-refractivity contribution in [3.63, 3.8) is 0 Å². The molecule has 2 saturated carbocycles. The van der Waals surface area contributed by atoms with Crippen LogP contribution in [0.3, 0.4) is 0 Å². The van der Waals surface area contributed by atoms with Crippen LogP contribution in [0.4, 0.5) is 0 Å². The molecular formula is C30H40O2. The molecule has 3 atom stereocenters. The lowest BCUT2D eigenvalue weighted by molar-refractivity contribution is -0.119. The molecule has 2 aliphatic carbocycles. The van der Waals surface area contributed by atoms with Gasteiger partial charge in [0.15, 0.2) is 0 Å². The standard InChI is InChI=1S/C30H40O2/c1-2-22-8-10-24(11-9-22)12-14-26-19-21-29(32)30(26)27-17-15-25(16-18-27)28(31)20-13-23-6-4-3-5-7-23/h8-11,15-18,23,26,28,30-31H,2-7,12-14,19-21H2,1H3. The molecule has 0 aliphatic heterocycles. The van der Waals surface area contributed by atoms with Gasteiger partial charge in [0.2, 0.25) is 0 Å². The maximum Gasteiger partial charge on any atom is 0.140 e. The van der Waals surface area contributed by atoms with Crippen molar-refractivity contribution in [1.82, 2.24) is 0 Å². The zero-order valence-electron chi connectivity index (χ0n) is 19.8. The Morgan fingerprint density at radius 1 is 0.875 bits per heavy atom. The zero-order chi connectivity index (χ0) is 22.3. The third-order valence-electron chi connectivity index (χ3n) is 8.07. The summed E-state index contributed by atoms with van der Waals surface area (Å²) in [4.78, 5) is 12.7. The van der Waals surface area contributed by atoms with Crippen LogP contribution in [0.5, 0.6) is 0 Å². The number of carbonyl (C=O) groups is 1. The number of hydrogen-bond donors (Lipinski definition) is 1. The Bertz CT molecular complexity index is 845. The molecule has 0 bridgehead atoms. The fourth-order valence-corrected chi connectivity index (χ4v) is 5.94. The van der Waals surface area contributed by atoms with E-state index in [0.29, 0.717) is 18.1 Å². The Kier molecular flexibility index (Phi) is 8.19. The number of aryl methyl sites for hydroxylation is 2. The van der Waals surface area contributed by atoms with Crippen molar-refractivity contribution in [2.75, 3.05) is 0 Å². The average molecular weight is 433 g/mol. The summed E-state index contributed by atoms with van der Waals surface area (Å²) in [5.41, 5.74) is 4.89. The average Bonchev–Trinajstić information content (AvgIpc) is 3.22. The minimum Gasteiger partial charge on any atom is -0.388 e. The zero-order valence-corrected chi connectivity index (χ0v) is 19.8. The molecule has 2 nitrogen and oxygen atoms in total. The van der Waals surface area contributed by atoms with Gasteiger partial charge in [-0.25, -0.2) is 0 Å². The van der Waals surface area contributed by atoms with Crippen molar-refractivity contribution < 1.29 is 9.90 Å². The summed E-state index contributed by atoms with van der Waals surface area (Å²) in [7, 11) is 0. The van der Waals surface area contributed by atoms with E-state index in [0.717, 1.165) is 55.6 Å². The molecule has 0 radical (unpaired) electrons. The lowest BCUT2D eigenvalue weighted by Crippen LogP contribution is -2.14. The molecular weight excluding hydrogens is 392 g/mol. The summed E-state index contributed by atoms with van der Waals surface area (Å²) in [6.45, 7) is 2.19. The van der Waals surface area contributed by atoms with Gasteiger partial charge in [-0.1, -0.05) is 87.6 Å². The molecule has 2 heteroatoms. The van der Waals surface area contributed by atoms with Crippen LogP contribution in [0, 0.1) is 11.8 Å². The van der Waals surface area contributed by atoms with Crippen LogP contribution < -0.4 is 0 Å². The number of rotatable bonds is 9. The minimum absolute atomic E-state index is 0.0262. The quantitative estimate of drug-likeness (QED) is 0.450. The largest absolute Gasteiger partial charge is 0.388 e. The van der Waals surface area contributed by atoms with E-state index in [-0.39, 0.29) is 12.0 Å². The molecule has 4 rings (SSSR count). The summed E-state index contributed by atoms with van der Waals surface area (Å²) >= 11 is 0. The van der Waals surface area contributed by atoms with Crippen molar-refractivity contribution in [2.45, 2.75) is 96.0 Å². The molecule has 2 aliphatic rings. The van der Waals surface area contributed by atoms with Crippen LogP contribution in [0.1, 0.15) is 105 Å². The second kappa shape index (κ2) is 11.3. The Morgan fingerprint density at radius 2 is 1.56 bits per heavy atom. The molecule has 0 spiro atoms. The minimum atomic E-state index is -0.382. The lowest BCUT2D eigenvalue weighted by Gasteiger charge is -2.23. The van der Waals surface area contributed by atoms with Crippen molar-refractivity contribution in [3.8, 4) is 0 Å². The van der Waals surface area contributed by atoms with Gasteiger partial charge in [0, 0.05) is 12.3 Å². The van der Waals surface area contributed by atoms with E-state index < -0.39 is 0 Å². The van der Waals surface area contributed by atoms with Crippen LogP contribution in [0.15, 0.2) is 48.5 Å². The van der Waals surface area contributed by atoms with Crippen LogP contribution >= 0.6 is 0 Å². The first-order valence-corrected chi connectivity index (χ1v) is 13.0. The number of hydrogen-bond acceptors (Lipinski definition) is 2. The fraction of sp³-hybridized carbons (Fsp3) is 0.567. The highest BCUT2D eigenvalue weighted by Gasteiger charge is 2.35. The van der Waals surface area contributed by atoms with Crippen molar-refractivity contribution in [2.24, 2.45) is 11.8 Å². The molecule has 3 unspecified atom stereocenters. The molecule has 2 aromatic rings. The fourth-order valence-electron chi connectivity index (χ4n) is 5.94. The maximum atomic E-state index is 12.7. The van der Waals surface area contributed by atoms with Gasteiger partial charge in [0.25, 0.3) is 0 Å². The van der Waals surface area contributed by atoms with E-state index in [9.17, 15) is 9.90 Å². The molecule has 0 aromatic heterocycles. The summed E-state index contributed by atoms with van der Waals surface area (Å²) < 4.78 is 0. The number of aliphatic hydroxyl groups is 1. The smallest absolute Gasteiger partial charge is 0.140 e. The SMILES string of the molecule is CCc1ccc(CCC2CCC(=O)C2c2ccc(C(O)CCC3CCCCC3)cc2)cc1. The van der Waals surface area contributed by atoms with Gasteiger partial charge in [-0.2, -0.15) is 0 Å². The Hall–Kier alpha value is -1.93. The van der Waals surface area contributed by atoms with Gasteiger partial charge in [-0.15, -0.1) is 0 Å². The van der Waals surface area contributed by atoms with E-state index in [4.69, 9.17) is 0 Å². The van der Waals surface area contributed by atoms with Gasteiger partial charge >= 0.3 is 0 Å². The van der Waals surface area contributed by atoms with Gasteiger partial charge in [0.1, 0.15) is 5.78 Å². The molecule has 0 heterocycles. The summed E-state index contributed by atoms with van der Waals surface area (Å²) in [6, 6.07) is 17.3. The van der Waals surface area contributed by atoms with E-state index in [1.807, 2.05) is 0 Å². The highest BCUT2D eigenvalue weighted by atomic mass is 16.3. The Balaban J connectivity index is 1.33. The van der Waals surface area contributed by atoms with Crippen LogP contribution in [0.25, 0.3) is 0 Å². The predicted molar refractivity (Wildman–Crippen MR) is 132 cm³/mol. The van der Waals surface area contributed by atoms with E-state index in [2.05, 4.69) is 55.5 Å². The third kappa shape index (κ3) is 5.90. The first-order chi connectivity index (χ1) is 15.6. The topological polar surface area (TPSA) is 37.3 Å². The first-order valence-electron chi connectivity index (χ1n) is 13.0. The Labute approximate surface area is 194 Å². The second-order valence-corrected chi connectivity index (χ2v) is 10.2. The third-order valence-corrected chi connectivity index (χ3v) is 8.07. The number of aliphatic hydroxyl groups excluding tert-OH is 1. The molecule has 2 aromatic carbocycles. The molecule has 2 fully saturated rings. The molecule has 32 heavy (non-hydrogen) atoms. The van der Waals surface area contributed by atoms with Crippen LogP contribution in [-0.2, 0) is 17.6 Å². The predicted octanol–water partition coefficient (Wildman–Crippen LogP) is 7.34. The van der Waals surface area contributed by atoms with Crippen molar-refractivity contribution >= 4 is 5.78 Å². The van der Waals surface area contributed by atoms with Crippen LogP contribution in [0.2, 0.25) is 0 Å². The maximum absolute atomic E-state index is 12.7. The number of ketones is 1. The number of benzene rings is 2. The second-order valence-electron chi connectivity index (χ2n) is 10.2. The van der Waals surface area contributed by atoms with Gasteiger partial charge in [-0.3, -0.25) is 4.79 Å². The summed E-state index contributed by atoms with van der Waals surface area (Å²) in [5.74, 6) is 1.64. The van der Waals surface area contributed by atoms with Crippen molar-refractivity contribution in [1.29, 1.82) is 0 Å². The normalized spacial score (nSPS) is 22.9. The molecule has 1 N–H and O–H groups in total. The lowest BCUT2D eigenvalue weighted by atomic mass is 9.83. The van der Waals surface area contributed by atoms with E-state index in [1.54, 1.807) is 0 Å². The summed E-state index contributed by atoms with van der Waals surface area (Å²) in [5, 5.41) is 10.7. The number of carbonyl (C=O) groups excluding carboxylic acids is 1. The Morgan fingerprint density at radius 3 is 2.25 bits per heavy atom. The van der Waals surface area contributed by atoms with Gasteiger partial charge < -0.3 is 5.11 Å². The van der Waals surface area contributed by atoms with E-state index in [1.165, 1.54) is 43.2 Å². The van der Waals surface area contributed by atoms with E-state index >= 15 is 0 Å². The van der Waals surface area contributed by atoms with Crippen LogP contribution in [-0.4, -0.2) is 10.9 Å². The highest BCUT2D eigenvalue weighted by molar-refractivity contribution is 5.88. The van der Waals surface area contributed by atoms with Crippen molar-refractivity contribution in [3.05, 3.63) is 70.8 Å². The molecule has 172 valence electrons. The first kappa shape index (κ1) is 23.2. The molecule has 0 saturated heterocycles. The highest BCUT2D eigenvalue weighted by Crippen LogP contribution is 2.40.